The molecule has 0 radical (unpaired) electrons. The molecule has 0 aromatic heterocycles. The average molecular weight is 287 g/mol. The molecule has 1 aromatic carbocycles. The summed E-state index contributed by atoms with van der Waals surface area (Å²) in [5, 5.41) is 6.28. The van der Waals surface area contributed by atoms with E-state index < -0.39 is 0 Å². The van der Waals surface area contributed by atoms with Gasteiger partial charge in [-0.3, -0.25) is 9.59 Å². The number of nitrogens with zero attached hydrogens (tertiary/aromatic N) is 1. The van der Waals surface area contributed by atoms with E-state index in [1.54, 1.807) is 11.9 Å². The zero-order chi connectivity index (χ0) is 14.8. The summed E-state index contributed by atoms with van der Waals surface area (Å²) in [6.45, 7) is 2.38. The van der Waals surface area contributed by atoms with Gasteiger partial charge in [-0.25, -0.2) is 0 Å². The molecule has 0 atom stereocenters. The van der Waals surface area contributed by atoms with E-state index >= 15 is 0 Å². The fourth-order valence-corrected chi connectivity index (χ4v) is 3.05. The molecule has 1 saturated heterocycles. The number of hydrogen-bond donors (Lipinski definition) is 2. The minimum absolute atomic E-state index is 0.126. The molecule has 0 spiro atoms. The molecular weight excluding hydrogens is 266 g/mol. The number of nitrogens with one attached hydrogen (secondary N) is 2. The summed E-state index contributed by atoms with van der Waals surface area (Å²) in [7, 11) is 1.80. The van der Waals surface area contributed by atoms with Crippen LogP contribution in [0.3, 0.4) is 0 Å². The lowest BCUT2D eigenvalue weighted by Gasteiger charge is -2.21. The van der Waals surface area contributed by atoms with Gasteiger partial charge in [0.25, 0.3) is 0 Å². The van der Waals surface area contributed by atoms with E-state index in [1.165, 1.54) is 0 Å². The fraction of sp³-hybridized carbons (Fsp3) is 0.500. The number of fused-ring (bicyclic) bond motifs is 1. The lowest BCUT2D eigenvalue weighted by atomic mass is 9.97. The van der Waals surface area contributed by atoms with Gasteiger partial charge in [0.2, 0.25) is 11.8 Å². The summed E-state index contributed by atoms with van der Waals surface area (Å²) in [6.07, 6.45) is 2.28. The van der Waals surface area contributed by atoms with Gasteiger partial charge in [0.05, 0.1) is 6.42 Å². The van der Waals surface area contributed by atoms with Crippen LogP contribution >= 0.6 is 0 Å². The van der Waals surface area contributed by atoms with Crippen LogP contribution in [0.1, 0.15) is 24.0 Å². The minimum Gasteiger partial charge on any atom is -0.352 e. The number of piperidine rings is 1. The predicted octanol–water partition coefficient (Wildman–Crippen LogP) is 0.821. The van der Waals surface area contributed by atoms with Crippen LogP contribution in [0, 0.1) is 5.92 Å². The number of amides is 2. The largest absolute Gasteiger partial charge is 0.352 e. The van der Waals surface area contributed by atoms with Crippen LogP contribution in [0.5, 0.6) is 0 Å². The van der Waals surface area contributed by atoms with Gasteiger partial charge in [0, 0.05) is 25.2 Å². The highest BCUT2D eigenvalue weighted by Gasteiger charge is 2.24. The summed E-state index contributed by atoms with van der Waals surface area (Å²) in [5.74, 6) is 0.402. The first-order valence-corrected chi connectivity index (χ1v) is 7.52. The van der Waals surface area contributed by atoms with E-state index in [2.05, 4.69) is 10.6 Å². The van der Waals surface area contributed by atoms with E-state index in [1.807, 2.05) is 18.2 Å². The Kier molecular flexibility index (Phi) is 3.92. The Morgan fingerprint density at radius 2 is 2.14 bits per heavy atom. The second-order valence-corrected chi connectivity index (χ2v) is 5.83. The van der Waals surface area contributed by atoms with Crippen molar-refractivity contribution in [2.24, 2.45) is 5.92 Å². The fourth-order valence-electron chi connectivity index (χ4n) is 3.05. The van der Waals surface area contributed by atoms with E-state index in [9.17, 15) is 9.59 Å². The molecule has 0 aliphatic carbocycles. The van der Waals surface area contributed by atoms with Gasteiger partial charge >= 0.3 is 0 Å². The van der Waals surface area contributed by atoms with E-state index in [0.717, 1.165) is 42.7 Å². The van der Waals surface area contributed by atoms with Gasteiger partial charge in [-0.1, -0.05) is 12.1 Å². The molecule has 2 aliphatic rings. The first-order chi connectivity index (χ1) is 10.1. The first-order valence-electron chi connectivity index (χ1n) is 7.52. The van der Waals surface area contributed by atoms with E-state index in [-0.39, 0.29) is 17.7 Å². The van der Waals surface area contributed by atoms with Gasteiger partial charge in [0.15, 0.2) is 0 Å². The van der Waals surface area contributed by atoms with Gasteiger partial charge in [-0.2, -0.15) is 0 Å². The van der Waals surface area contributed by atoms with Crippen LogP contribution in [0.2, 0.25) is 0 Å². The van der Waals surface area contributed by atoms with Crippen molar-refractivity contribution in [2.75, 3.05) is 25.0 Å². The van der Waals surface area contributed by atoms with Crippen molar-refractivity contribution in [3.8, 4) is 0 Å². The Hall–Kier alpha value is -1.88. The summed E-state index contributed by atoms with van der Waals surface area (Å²) in [6, 6.07) is 5.97. The minimum atomic E-state index is 0.126. The molecule has 1 aromatic rings. The van der Waals surface area contributed by atoms with Crippen molar-refractivity contribution in [3.05, 3.63) is 29.3 Å². The summed E-state index contributed by atoms with van der Waals surface area (Å²) in [5.41, 5.74) is 3.09. The van der Waals surface area contributed by atoms with Crippen molar-refractivity contribution < 1.29 is 9.59 Å². The Morgan fingerprint density at radius 3 is 2.90 bits per heavy atom. The molecule has 2 N–H and O–H groups in total. The number of hydrogen-bond acceptors (Lipinski definition) is 3. The van der Waals surface area contributed by atoms with Crippen molar-refractivity contribution in [1.29, 1.82) is 0 Å². The van der Waals surface area contributed by atoms with Crippen molar-refractivity contribution in [2.45, 2.75) is 25.8 Å². The summed E-state index contributed by atoms with van der Waals surface area (Å²) in [4.78, 5) is 25.5. The number of carbonyl (C=O) groups is 2. The maximum absolute atomic E-state index is 12.1. The zero-order valence-electron chi connectivity index (χ0n) is 12.3. The Bertz CT molecular complexity index is 565. The van der Waals surface area contributed by atoms with Gasteiger partial charge in [-0.15, -0.1) is 0 Å². The quantitative estimate of drug-likeness (QED) is 0.865. The van der Waals surface area contributed by atoms with Crippen LogP contribution in [-0.2, 0) is 22.6 Å². The van der Waals surface area contributed by atoms with Crippen LogP contribution < -0.4 is 15.5 Å². The van der Waals surface area contributed by atoms with E-state index in [4.69, 9.17) is 0 Å². The summed E-state index contributed by atoms with van der Waals surface area (Å²) < 4.78 is 0. The Labute approximate surface area is 124 Å². The smallest absolute Gasteiger partial charge is 0.231 e. The molecule has 5 nitrogen and oxygen atoms in total. The highest BCUT2D eigenvalue weighted by atomic mass is 16.2. The maximum Gasteiger partial charge on any atom is 0.231 e. The number of rotatable bonds is 3. The average Bonchev–Trinajstić information content (AvgIpc) is 2.80. The van der Waals surface area contributed by atoms with Crippen LogP contribution in [0.4, 0.5) is 5.69 Å². The summed E-state index contributed by atoms with van der Waals surface area (Å²) >= 11 is 0. The molecule has 1 fully saturated rings. The lowest BCUT2D eigenvalue weighted by molar-refractivity contribution is -0.126. The second-order valence-electron chi connectivity index (χ2n) is 5.83. The molecule has 21 heavy (non-hydrogen) atoms. The third-order valence-corrected chi connectivity index (χ3v) is 4.40. The molecule has 3 rings (SSSR count). The van der Waals surface area contributed by atoms with Gasteiger partial charge < -0.3 is 15.5 Å². The highest BCUT2D eigenvalue weighted by Crippen LogP contribution is 2.28. The van der Waals surface area contributed by atoms with Crippen LogP contribution in [0.25, 0.3) is 0 Å². The predicted molar refractivity (Wildman–Crippen MR) is 81.0 cm³/mol. The molecule has 5 heteroatoms. The first kappa shape index (κ1) is 14.1. The molecular formula is C16H21N3O2. The number of anilines is 1. The van der Waals surface area contributed by atoms with Crippen molar-refractivity contribution in [1.82, 2.24) is 10.6 Å². The number of benzene rings is 1. The Morgan fingerprint density at radius 1 is 1.38 bits per heavy atom. The molecule has 112 valence electrons. The third-order valence-electron chi connectivity index (χ3n) is 4.40. The maximum atomic E-state index is 12.1. The lowest BCUT2D eigenvalue weighted by Crippen LogP contribution is -2.37. The SMILES string of the molecule is CN1C(=O)Cc2cc(CNC(=O)C3CCNCC3)ccc21. The van der Waals surface area contributed by atoms with Crippen LogP contribution in [0.15, 0.2) is 18.2 Å². The van der Waals surface area contributed by atoms with Gasteiger partial charge in [-0.05, 0) is 43.1 Å². The van der Waals surface area contributed by atoms with Crippen molar-refractivity contribution in [3.63, 3.8) is 0 Å². The number of carbonyl (C=O) groups excluding carboxylic acids is 2. The molecule has 2 heterocycles. The number of likely N-dealkylation sites (N-methyl/N-ethyl adjacent to an activating group) is 1. The zero-order valence-corrected chi connectivity index (χ0v) is 12.3. The normalized spacial score (nSPS) is 18.7. The van der Waals surface area contributed by atoms with Gasteiger partial charge in [0.1, 0.15) is 0 Å². The third kappa shape index (κ3) is 2.93. The van der Waals surface area contributed by atoms with Crippen LogP contribution in [-0.4, -0.2) is 32.0 Å². The second kappa shape index (κ2) is 5.85. The molecule has 0 saturated carbocycles. The standard InChI is InChI=1S/C16H21N3O2/c1-19-14-3-2-11(8-13(14)9-15(19)20)10-18-16(21)12-4-6-17-7-5-12/h2-3,8,12,17H,4-7,9-10H2,1H3,(H,18,21). The molecule has 2 amide bonds. The topological polar surface area (TPSA) is 61.4 Å². The van der Waals surface area contributed by atoms with Crippen molar-refractivity contribution >= 4 is 17.5 Å². The molecule has 2 aliphatic heterocycles. The monoisotopic (exact) mass is 287 g/mol. The Balaban J connectivity index is 1.60. The molecule has 0 bridgehead atoms. The van der Waals surface area contributed by atoms with E-state index in [0.29, 0.717) is 13.0 Å². The highest BCUT2D eigenvalue weighted by molar-refractivity contribution is 6.00. The molecule has 0 unspecified atom stereocenters.